The molecule has 0 spiro atoms. The van der Waals surface area contributed by atoms with Crippen LogP contribution in [0.1, 0.15) is 418 Å². The molecule has 0 heterocycles. The van der Waals surface area contributed by atoms with E-state index in [0.29, 0.717) is 25.9 Å². The largest absolute Gasteiger partial charge is 0.466 e. The summed E-state index contributed by atoms with van der Waals surface area (Å²) in [5.74, 6) is -0.0149. The number of ether oxygens (including phenoxy) is 1. The number of hydrogen-bond acceptors (Lipinski definition) is 5. The quantitative estimate of drug-likeness (QED) is 0.0417. The summed E-state index contributed by atoms with van der Waals surface area (Å²) < 4.78 is 5.50. The van der Waals surface area contributed by atoms with Crippen LogP contribution in [-0.4, -0.2) is 47.4 Å². The number of carbonyl (C=O) groups is 2. The Morgan fingerprint density at radius 1 is 0.312 bits per heavy atom. The molecule has 0 saturated heterocycles. The molecule has 2 atom stereocenters. The van der Waals surface area contributed by atoms with E-state index >= 15 is 0 Å². The number of carbonyl (C=O) groups excluding carboxylic acids is 2. The van der Waals surface area contributed by atoms with Gasteiger partial charge in [0.25, 0.3) is 0 Å². The van der Waals surface area contributed by atoms with Crippen LogP contribution < -0.4 is 5.32 Å². The van der Waals surface area contributed by atoms with Gasteiger partial charge in [0.05, 0.1) is 25.4 Å². The van der Waals surface area contributed by atoms with Crippen molar-refractivity contribution in [3.8, 4) is 0 Å². The van der Waals surface area contributed by atoms with Gasteiger partial charge in [-0.05, 0) is 25.7 Å². The van der Waals surface area contributed by atoms with Gasteiger partial charge < -0.3 is 20.3 Å². The van der Waals surface area contributed by atoms with Crippen molar-refractivity contribution in [2.45, 2.75) is 431 Å². The molecule has 0 saturated carbocycles. The highest BCUT2D eigenvalue weighted by molar-refractivity contribution is 5.76. The van der Waals surface area contributed by atoms with E-state index in [2.05, 4.69) is 19.2 Å². The smallest absolute Gasteiger partial charge is 0.305 e. The molecule has 0 aromatic heterocycles. The van der Waals surface area contributed by atoms with Gasteiger partial charge in [-0.15, -0.1) is 0 Å². The Morgan fingerprint density at radius 3 is 0.792 bits per heavy atom. The van der Waals surface area contributed by atoms with Crippen molar-refractivity contribution in [1.82, 2.24) is 5.32 Å². The van der Waals surface area contributed by atoms with Crippen LogP contribution in [0.2, 0.25) is 0 Å². The highest BCUT2D eigenvalue weighted by atomic mass is 16.5. The van der Waals surface area contributed by atoms with Crippen LogP contribution >= 0.6 is 0 Å². The number of hydrogen-bond donors (Lipinski definition) is 3. The predicted octanol–water partition coefficient (Wildman–Crippen LogP) is 23.0. The van der Waals surface area contributed by atoms with Crippen LogP contribution in [-0.2, 0) is 14.3 Å². The summed E-state index contributed by atoms with van der Waals surface area (Å²) >= 11 is 0. The number of unbranched alkanes of at least 4 members (excludes halogenated alkanes) is 57. The van der Waals surface area contributed by atoms with Crippen LogP contribution in [0.5, 0.6) is 0 Å². The highest BCUT2D eigenvalue weighted by Gasteiger charge is 2.20. The monoisotopic (exact) mass is 1090 g/mol. The second kappa shape index (κ2) is 67.4. The fourth-order valence-corrected chi connectivity index (χ4v) is 11.7. The topological polar surface area (TPSA) is 95.9 Å². The lowest BCUT2D eigenvalue weighted by atomic mass is 10.0. The minimum absolute atomic E-state index is 0.0159. The Labute approximate surface area is 483 Å². The highest BCUT2D eigenvalue weighted by Crippen LogP contribution is 2.20. The average Bonchev–Trinajstić information content (AvgIpc) is 3.43. The molecule has 0 radical (unpaired) electrons. The van der Waals surface area contributed by atoms with Crippen LogP contribution in [0.15, 0.2) is 0 Å². The first-order chi connectivity index (χ1) is 38.0. The summed E-state index contributed by atoms with van der Waals surface area (Å²) in [5, 5.41) is 23.4. The zero-order chi connectivity index (χ0) is 55.7. The Kier molecular flexibility index (Phi) is 66.4. The standard InChI is InChI=1S/C71H141NO5/c1-3-5-7-9-11-13-15-17-19-21-22-23-24-25-26-29-32-35-39-43-47-51-55-59-63-69(74)68(67-73)72-70(75)64-60-56-52-48-44-40-36-33-30-27-28-31-34-38-42-46-50-54-58-62-66-77-71(76)65-61-57-53-49-45-41-37-20-18-16-14-12-10-8-6-4-2/h68-69,73-74H,3-67H2,1-2H3,(H,72,75). The Bertz CT molecular complexity index is 1120. The molecule has 0 aromatic carbocycles. The first-order valence-corrected chi connectivity index (χ1v) is 35.8. The number of esters is 1. The van der Waals surface area contributed by atoms with Gasteiger partial charge in [0.2, 0.25) is 5.91 Å². The van der Waals surface area contributed by atoms with Crippen LogP contribution in [0.25, 0.3) is 0 Å². The van der Waals surface area contributed by atoms with Crippen molar-refractivity contribution in [2.75, 3.05) is 13.2 Å². The molecular formula is C71H141NO5. The third-order valence-corrected chi connectivity index (χ3v) is 17.2. The molecule has 460 valence electrons. The normalized spacial score (nSPS) is 12.4. The number of amides is 1. The summed E-state index contributed by atoms with van der Waals surface area (Å²) in [4.78, 5) is 24.7. The number of nitrogens with one attached hydrogen (secondary N) is 1. The van der Waals surface area contributed by atoms with Gasteiger partial charge in [-0.3, -0.25) is 9.59 Å². The average molecular weight is 1090 g/mol. The maximum absolute atomic E-state index is 12.6. The van der Waals surface area contributed by atoms with E-state index in [4.69, 9.17) is 4.74 Å². The molecule has 2 unspecified atom stereocenters. The van der Waals surface area contributed by atoms with E-state index in [1.807, 2.05) is 0 Å². The number of rotatable bonds is 68. The number of aliphatic hydroxyl groups is 2. The first-order valence-electron chi connectivity index (χ1n) is 35.8. The molecule has 0 aliphatic carbocycles. The van der Waals surface area contributed by atoms with Crippen molar-refractivity contribution >= 4 is 11.9 Å². The fraction of sp³-hybridized carbons (Fsp3) is 0.972. The minimum Gasteiger partial charge on any atom is -0.466 e. The maximum atomic E-state index is 12.6. The predicted molar refractivity (Wildman–Crippen MR) is 338 cm³/mol. The van der Waals surface area contributed by atoms with E-state index in [0.717, 1.165) is 38.5 Å². The summed E-state index contributed by atoms with van der Waals surface area (Å²) in [6.45, 7) is 5.00. The van der Waals surface area contributed by atoms with E-state index in [-0.39, 0.29) is 18.5 Å². The van der Waals surface area contributed by atoms with Gasteiger partial charge in [-0.2, -0.15) is 0 Å². The van der Waals surface area contributed by atoms with Gasteiger partial charge in [-0.25, -0.2) is 0 Å². The van der Waals surface area contributed by atoms with Gasteiger partial charge >= 0.3 is 5.97 Å². The molecule has 1 amide bonds. The Balaban J connectivity index is 3.37. The Hall–Kier alpha value is -1.14. The first kappa shape index (κ1) is 75.9. The number of aliphatic hydroxyl groups excluding tert-OH is 2. The lowest BCUT2D eigenvalue weighted by Crippen LogP contribution is -2.45. The molecular weight excluding hydrogens is 947 g/mol. The summed E-state index contributed by atoms with van der Waals surface area (Å²) in [6.07, 6.45) is 81.5. The zero-order valence-electron chi connectivity index (χ0n) is 52.7. The van der Waals surface area contributed by atoms with Gasteiger partial charge in [0, 0.05) is 12.8 Å². The van der Waals surface area contributed by atoms with Gasteiger partial charge in [-0.1, -0.05) is 380 Å². The lowest BCUT2D eigenvalue weighted by Gasteiger charge is -2.22. The van der Waals surface area contributed by atoms with Crippen molar-refractivity contribution in [1.29, 1.82) is 0 Å². The van der Waals surface area contributed by atoms with E-state index in [1.165, 1.54) is 347 Å². The third-order valence-electron chi connectivity index (χ3n) is 17.2. The summed E-state index contributed by atoms with van der Waals surface area (Å²) in [5.41, 5.74) is 0. The SMILES string of the molecule is CCCCCCCCCCCCCCCCCCCCCCCCCCC(O)C(CO)NC(=O)CCCCCCCCCCCCCCCCCCCCCCOC(=O)CCCCCCCCCCCCCCCCCC. The Morgan fingerprint density at radius 2 is 0.532 bits per heavy atom. The van der Waals surface area contributed by atoms with E-state index < -0.39 is 12.1 Å². The third kappa shape index (κ3) is 63.9. The molecule has 0 fully saturated rings. The van der Waals surface area contributed by atoms with E-state index in [1.54, 1.807) is 0 Å². The van der Waals surface area contributed by atoms with Crippen LogP contribution in [0.4, 0.5) is 0 Å². The van der Waals surface area contributed by atoms with Crippen LogP contribution in [0.3, 0.4) is 0 Å². The molecule has 0 aliphatic heterocycles. The maximum Gasteiger partial charge on any atom is 0.305 e. The molecule has 6 heteroatoms. The second-order valence-corrected chi connectivity index (χ2v) is 24.9. The van der Waals surface area contributed by atoms with Crippen molar-refractivity contribution in [2.24, 2.45) is 0 Å². The summed E-state index contributed by atoms with van der Waals surface area (Å²) in [7, 11) is 0. The van der Waals surface area contributed by atoms with Gasteiger partial charge in [0.15, 0.2) is 0 Å². The van der Waals surface area contributed by atoms with Crippen molar-refractivity contribution in [3.05, 3.63) is 0 Å². The minimum atomic E-state index is -0.666. The molecule has 0 aliphatic rings. The van der Waals surface area contributed by atoms with Gasteiger partial charge in [0.1, 0.15) is 0 Å². The second-order valence-electron chi connectivity index (χ2n) is 24.9. The van der Waals surface area contributed by atoms with Crippen molar-refractivity contribution < 1.29 is 24.5 Å². The molecule has 3 N–H and O–H groups in total. The van der Waals surface area contributed by atoms with E-state index in [9.17, 15) is 19.8 Å². The van der Waals surface area contributed by atoms with Crippen molar-refractivity contribution in [3.63, 3.8) is 0 Å². The fourth-order valence-electron chi connectivity index (χ4n) is 11.7. The molecule has 6 nitrogen and oxygen atoms in total. The summed E-state index contributed by atoms with van der Waals surface area (Å²) in [6, 6.07) is -0.543. The molecule has 0 rings (SSSR count). The molecule has 0 aromatic rings. The molecule has 0 bridgehead atoms. The lowest BCUT2D eigenvalue weighted by molar-refractivity contribution is -0.143. The molecule has 77 heavy (non-hydrogen) atoms. The van der Waals surface area contributed by atoms with Crippen LogP contribution in [0, 0.1) is 0 Å². The zero-order valence-corrected chi connectivity index (χ0v) is 52.7.